The van der Waals surface area contributed by atoms with E-state index in [1.54, 1.807) is 0 Å². The van der Waals surface area contributed by atoms with E-state index in [2.05, 4.69) is 4.90 Å². The third kappa shape index (κ3) is 1.40. The van der Waals surface area contributed by atoms with Crippen molar-refractivity contribution in [3.8, 4) is 0 Å². The molecule has 14 heavy (non-hydrogen) atoms. The molecule has 1 heterocycles. The van der Waals surface area contributed by atoms with E-state index in [1.807, 2.05) is 0 Å². The van der Waals surface area contributed by atoms with Crippen molar-refractivity contribution in [3.63, 3.8) is 0 Å². The average molecular weight is 194 g/mol. The zero-order chi connectivity index (χ0) is 9.60. The molecule has 1 aliphatic heterocycles. The first-order valence-corrected chi connectivity index (χ1v) is 6.27. The smallest absolute Gasteiger partial charge is 0.0246 e. The monoisotopic (exact) mass is 194 g/mol. The van der Waals surface area contributed by atoms with E-state index in [9.17, 15) is 0 Å². The van der Waals surface area contributed by atoms with Crippen LogP contribution in [0.25, 0.3) is 0 Å². The van der Waals surface area contributed by atoms with Gasteiger partial charge < -0.3 is 5.73 Å². The van der Waals surface area contributed by atoms with Crippen LogP contribution in [0.15, 0.2) is 0 Å². The fraction of sp³-hybridized carbons (Fsp3) is 1.00. The summed E-state index contributed by atoms with van der Waals surface area (Å²) in [5, 5.41) is 0. The zero-order valence-electron chi connectivity index (χ0n) is 9.04. The molecule has 0 aromatic rings. The van der Waals surface area contributed by atoms with E-state index in [1.165, 1.54) is 51.6 Å². The normalized spacial score (nSPS) is 33.2. The van der Waals surface area contributed by atoms with Gasteiger partial charge in [0.25, 0.3) is 0 Å². The van der Waals surface area contributed by atoms with Crippen LogP contribution in [0.1, 0.15) is 38.5 Å². The van der Waals surface area contributed by atoms with E-state index in [-0.39, 0.29) is 0 Å². The third-order valence-corrected chi connectivity index (χ3v) is 4.83. The fourth-order valence-corrected chi connectivity index (χ4v) is 3.30. The second-order valence-corrected chi connectivity index (χ2v) is 5.71. The van der Waals surface area contributed by atoms with Gasteiger partial charge in [-0.25, -0.2) is 0 Å². The van der Waals surface area contributed by atoms with Crippen molar-refractivity contribution in [1.29, 1.82) is 0 Å². The Hall–Kier alpha value is -0.0800. The quantitative estimate of drug-likeness (QED) is 0.739. The Morgan fingerprint density at radius 1 is 1.29 bits per heavy atom. The van der Waals surface area contributed by atoms with Crippen LogP contribution in [0.2, 0.25) is 0 Å². The Kier molecular flexibility index (Phi) is 2.10. The maximum absolute atomic E-state index is 5.93. The maximum atomic E-state index is 5.93. The first kappa shape index (κ1) is 9.17. The van der Waals surface area contributed by atoms with E-state index in [0.29, 0.717) is 0 Å². The van der Waals surface area contributed by atoms with Gasteiger partial charge in [-0.3, -0.25) is 4.90 Å². The Bertz CT molecular complexity index is 218. The molecule has 3 fully saturated rings. The molecule has 1 unspecified atom stereocenters. The standard InChI is InChI=1S/C12H22N2/c13-8-11(10-2-1-3-10)14-7-6-12(9-14)4-5-12/h10-11H,1-9,13H2. The summed E-state index contributed by atoms with van der Waals surface area (Å²) < 4.78 is 0. The number of hydrogen-bond donors (Lipinski definition) is 1. The van der Waals surface area contributed by atoms with Gasteiger partial charge in [-0.15, -0.1) is 0 Å². The number of nitrogens with zero attached hydrogens (tertiary/aromatic N) is 1. The van der Waals surface area contributed by atoms with Gasteiger partial charge in [0.2, 0.25) is 0 Å². The highest BCUT2D eigenvalue weighted by Gasteiger charge is 2.49. The zero-order valence-corrected chi connectivity index (χ0v) is 9.04. The van der Waals surface area contributed by atoms with Crippen molar-refractivity contribution in [1.82, 2.24) is 4.90 Å². The van der Waals surface area contributed by atoms with Gasteiger partial charge in [0, 0.05) is 19.1 Å². The first-order valence-electron chi connectivity index (χ1n) is 6.27. The molecule has 2 aliphatic carbocycles. The third-order valence-electron chi connectivity index (χ3n) is 4.83. The van der Waals surface area contributed by atoms with Crippen molar-refractivity contribution >= 4 is 0 Å². The lowest BCUT2D eigenvalue weighted by Crippen LogP contribution is -2.46. The highest BCUT2D eigenvalue weighted by atomic mass is 15.2. The minimum absolute atomic E-state index is 0.726. The summed E-state index contributed by atoms with van der Waals surface area (Å²) >= 11 is 0. The Morgan fingerprint density at radius 2 is 2.07 bits per heavy atom. The number of likely N-dealkylation sites (tertiary alicyclic amines) is 1. The van der Waals surface area contributed by atoms with Gasteiger partial charge in [0.05, 0.1) is 0 Å². The topological polar surface area (TPSA) is 29.3 Å². The van der Waals surface area contributed by atoms with E-state index >= 15 is 0 Å². The summed E-state index contributed by atoms with van der Waals surface area (Å²) in [4.78, 5) is 2.71. The summed E-state index contributed by atoms with van der Waals surface area (Å²) in [5.41, 5.74) is 6.71. The summed E-state index contributed by atoms with van der Waals surface area (Å²) in [7, 11) is 0. The predicted octanol–water partition coefficient (Wildman–Crippen LogP) is 1.60. The predicted molar refractivity (Wildman–Crippen MR) is 58.0 cm³/mol. The lowest BCUT2D eigenvalue weighted by Gasteiger charge is -2.39. The first-order chi connectivity index (χ1) is 6.83. The minimum atomic E-state index is 0.726. The van der Waals surface area contributed by atoms with Crippen LogP contribution in [0.4, 0.5) is 0 Å². The molecule has 3 rings (SSSR count). The van der Waals surface area contributed by atoms with Crippen LogP contribution in [0, 0.1) is 11.3 Å². The van der Waals surface area contributed by atoms with Gasteiger partial charge in [0.15, 0.2) is 0 Å². The molecule has 2 saturated carbocycles. The van der Waals surface area contributed by atoms with Crippen molar-refractivity contribution in [2.24, 2.45) is 17.1 Å². The van der Waals surface area contributed by atoms with Crippen LogP contribution in [0.3, 0.4) is 0 Å². The summed E-state index contributed by atoms with van der Waals surface area (Å²) in [6, 6.07) is 0.726. The van der Waals surface area contributed by atoms with Gasteiger partial charge in [-0.2, -0.15) is 0 Å². The molecule has 1 atom stereocenters. The Balaban J connectivity index is 1.62. The van der Waals surface area contributed by atoms with Gasteiger partial charge in [-0.1, -0.05) is 6.42 Å². The molecule has 2 nitrogen and oxygen atoms in total. The maximum Gasteiger partial charge on any atom is 0.0246 e. The average Bonchev–Trinajstić information content (AvgIpc) is 2.71. The number of nitrogens with two attached hydrogens (primary N) is 1. The molecule has 1 spiro atoms. The van der Waals surface area contributed by atoms with E-state index < -0.39 is 0 Å². The highest BCUT2D eigenvalue weighted by molar-refractivity contribution is 5.03. The number of rotatable bonds is 3. The van der Waals surface area contributed by atoms with Crippen LogP contribution >= 0.6 is 0 Å². The Labute approximate surface area is 86.8 Å². The lowest BCUT2D eigenvalue weighted by molar-refractivity contribution is 0.118. The molecular formula is C12H22N2. The fourth-order valence-electron chi connectivity index (χ4n) is 3.30. The van der Waals surface area contributed by atoms with Crippen LogP contribution in [0.5, 0.6) is 0 Å². The molecule has 3 aliphatic rings. The summed E-state index contributed by atoms with van der Waals surface area (Å²) in [6.45, 7) is 3.59. The van der Waals surface area contributed by atoms with Gasteiger partial charge >= 0.3 is 0 Å². The highest BCUT2D eigenvalue weighted by Crippen LogP contribution is 2.53. The van der Waals surface area contributed by atoms with Crippen molar-refractivity contribution in [2.75, 3.05) is 19.6 Å². The lowest BCUT2D eigenvalue weighted by atomic mass is 9.79. The van der Waals surface area contributed by atoms with Crippen LogP contribution < -0.4 is 5.73 Å². The largest absolute Gasteiger partial charge is 0.329 e. The molecule has 0 radical (unpaired) electrons. The molecule has 2 N–H and O–H groups in total. The van der Waals surface area contributed by atoms with E-state index in [4.69, 9.17) is 5.73 Å². The molecule has 2 heteroatoms. The Morgan fingerprint density at radius 3 is 2.50 bits per heavy atom. The van der Waals surface area contributed by atoms with Crippen molar-refractivity contribution in [3.05, 3.63) is 0 Å². The van der Waals surface area contributed by atoms with E-state index in [0.717, 1.165) is 23.9 Å². The van der Waals surface area contributed by atoms with Crippen molar-refractivity contribution in [2.45, 2.75) is 44.6 Å². The second kappa shape index (κ2) is 3.21. The molecule has 80 valence electrons. The molecule has 0 bridgehead atoms. The summed E-state index contributed by atoms with van der Waals surface area (Å²) in [6.07, 6.45) is 8.75. The molecule has 1 saturated heterocycles. The second-order valence-electron chi connectivity index (χ2n) is 5.71. The van der Waals surface area contributed by atoms with Crippen molar-refractivity contribution < 1.29 is 0 Å². The summed E-state index contributed by atoms with van der Waals surface area (Å²) in [5.74, 6) is 0.939. The SMILES string of the molecule is NCC(C1CCC1)N1CCC2(CC2)C1. The van der Waals surface area contributed by atoms with Crippen LogP contribution in [-0.4, -0.2) is 30.6 Å². The van der Waals surface area contributed by atoms with Gasteiger partial charge in [-0.05, 0) is 50.0 Å². The van der Waals surface area contributed by atoms with Crippen LogP contribution in [-0.2, 0) is 0 Å². The molecule has 0 amide bonds. The number of hydrogen-bond acceptors (Lipinski definition) is 2. The molecule has 0 aromatic heterocycles. The molecule has 0 aromatic carbocycles. The molecular weight excluding hydrogens is 172 g/mol. The van der Waals surface area contributed by atoms with Gasteiger partial charge in [0.1, 0.15) is 0 Å². The minimum Gasteiger partial charge on any atom is -0.329 e.